The van der Waals surface area contributed by atoms with Gasteiger partial charge in [0, 0.05) is 146 Å². The summed E-state index contributed by atoms with van der Waals surface area (Å²) in [5, 5.41) is 53.6. The van der Waals surface area contributed by atoms with Gasteiger partial charge in [-0.3, -0.25) is 28.8 Å². The van der Waals surface area contributed by atoms with Gasteiger partial charge in [-0.1, -0.05) is 133 Å². The molecule has 0 bridgehead atoms. The molecule has 600 valence electrons. The number of carbonyl (C=O) groups excluding carboxylic acids is 6. The summed E-state index contributed by atoms with van der Waals surface area (Å²) >= 11 is 0. The van der Waals surface area contributed by atoms with Crippen LogP contribution in [0.1, 0.15) is 249 Å². The summed E-state index contributed by atoms with van der Waals surface area (Å²) in [5.74, 6) is -2.33. The molecule has 6 fully saturated rings. The van der Waals surface area contributed by atoms with Crippen molar-refractivity contribution in [3.8, 4) is 0 Å². The maximum Gasteiger partial charge on any atom is 0.303 e. The second kappa shape index (κ2) is 38.7. The molecule has 27 atom stereocenters. The lowest BCUT2D eigenvalue weighted by atomic mass is 9.72. The number of hydrogen-bond acceptors (Lipinski definition) is 22. The molecule has 104 heavy (non-hydrogen) atoms. The molecule has 6 aliphatic rings. The van der Waals surface area contributed by atoms with E-state index in [1.54, 1.807) is 27.9 Å². The number of carbonyl (C=O) groups is 6. The first kappa shape index (κ1) is 92.5. The zero-order valence-corrected chi connectivity index (χ0v) is 68.3. The van der Waals surface area contributed by atoms with Crippen LogP contribution in [-0.2, 0) is 80.9 Å². The van der Waals surface area contributed by atoms with Gasteiger partial charge in [0.2, 0.25) is 0 Å². The second-order valence-electron chi connectivity index (χ2n) is 34.5. The van der Waals surface area contributed by atoms with E-state index in [-0.39, 0.29) is 128 Å². The molecule has 27 unspecified atom stereocenters. The Labute approximate surface area is 623 Å². The lowest BCUT2D eigenvalue weighted by Gasteiger charge is -2.49. The third kappa shape index (κ3) is 23.8. The number of esters is 3. The Morgan fingerprint density at radius 2 is 0.846 bits per heavy atom. The summed E-state index contributed by atoms with van der Waals surface area (Å²) in [5.41, 5.74) is -1.54. The van der Waals surface area contributed by atoms with Crippen LogP contribution in [0, 0.1) is 51.8 Å². The van der Waals surface area contributed by atoms with Gasteiger partial charge in [-0.05, 0) is 72.1 Å². The number of hydrogen-bond donors (Lipinski definition) is 5. The van der Waals surface area contributed by atoms with Gasteiger partial charge in [0.25, 0.3) is 0 Å². The van der Waals surface area contributed by atoms with E-state index in [9.17, 15) is 54.3 Å². The lowest BCUT2D eigenvalue weighted by Crippen LogP contribution is -2.56. The van der Waals surface area contributed by atoms with Crippen LogP contribution in [0.15, 0.2) is 36.5 Å². The zero-order valence-electron chi connectivity index (χ0n) is 68.3. The van der Waals surface area contributed by atoms with Crippen molar-refractivity contribution < 1.29 is 106 Å². The summed E-state index contributed by atoms with van der Waals surface area (Å²) in [4.78, 5) is 75.3. The van der Waals surface area contributed by atoms with Crippen LogP contribution in [-0.4, -0.2) is 208 Å². The molecule has 22 heteroatoms. The summed E-state index contributed by atoms with van der Waals surface area (Å²) in [7, 11) is 3.23. The zero-order chi connectivity index (χ0) is 79.4. The van der Waals surface area contributed by atoms with E-state index in [4.69, 9.17) is 52.1 Å². The first-order valence-corrected chi connectivity index (χ1v) is 38.4. The van der Waals surface area contributed by atoms with Gasteiger partial charge in [-0.15, -0.1) is 0 Å². The average molecular weight is 1480 g/mol. The van der Waals surface area contributed by atoms with E-state index < -0.39 is 112 Å². The Morgan fingerprint density at radius 1 is 0.490 bits per heavy atom. The van der Waals surface area contributed by atoms with Crippen molar-refractivity contribution in [1.29, 1.82) is 0 Å². The predicted octanol–water partition coefficient (Wildman–Crippen LogP) is 11.8. The first-order chi connectivity index (χ1) is 47.9. The average Bonchev–Trinajstić information content (AvgIpc) is 0.780. The van der Waals surface area contributed by atoms with Crippen molar-refractivity contribution in [3.05, 3.63) is 36.5 Å². The van der Waals surface area contributed by atoms with Crippen LogP contribution in [0.25, 0.3) is 0 Å². The number of aliphatic hydroxyl groups excluding tert-OH is 5. The van der Waals surface area contributed by atoms with Crippen LogP contribution >= 0.6 is 0 Å². The Kier molecular flexibility index (Phi) is 34.4. The maximum absolute atomic E-state index is 13.8. The Hall–Kier alpha value is -3.88. The first-order valence-electron chi connectivity index (χ1n) is 38.4. The van der Waals surface area contributed by atoms with Gasteiger partial charge in [0.15, 0.2) is 23.5 Å². The Bertz CT molecular complexity index is 2870. The molecule has 5 N–H and O–H groups in total. The van der Waals surface area contributed by atoms with Crippen molar-refractivity contribution in [3.63, 3.8) is 0 Å². The monoisotopic (exact) mass is 1480 g/mol. The van der Waals surface area contributed by atoms with Crippen LogP contribution in [0.3, 0.4) is 0 Å². The van der Waals surface area contributed by atoms with Crippen molar-refractivity contribution in [2.24, 2.45) is 51.8 Å². The normalized spacial score (nSPS) is 35.9. The number of aliphatic hydroxyl groups is 5. The van der Waals surface area contributed by atoms with E-state index in [2.05, 4.69) is 33.6 Å². The minimum atomic E-state index is -1.25. The molecule has 0 saturated carbocycles. The SMILES string of the molecule is C=C1CC(C)(C(O)C(=O)CC(C)C2CC(O)C(C)(C)C(CC(CC)OC)O2)OC(C)C1C.C=C1CC(C)(C(O)C(=O)CC(C)C2CC(O)C(C)(C)C(CC(O)CC)O2)OC(C)C1C.C=C1CC(C)(C(OC(C)=O)C(=O)CC(C)C2CC(OC(C)=O)C(C)(C)C(CC(COC(C)=O)OC)O2)OC(C)C1C. The van der Waals surface area contributed by atoms with Crippen LogP contribution in [0.2, 0.25) is 0 Å². The molecular weight excluding hydrogens is 1340 g/mol. The van der Waals surface area contributed by atoms with Gasteiger partial charge >= 0.3 is 17.9 Å². The van der Waals surface area contributed by atoms with Gasteiger partial charge in [-0.2, -0.15) is 0 Å². The predicted molar refractivity (Wildman–Crippen MR) is 397 cm³/mol. The van der Waals surface area contributed by atoms with E-state index in [0.29, 0.717) is 64.2 Å². The second-order valence-corrected chi connectivity index (χ2v) is 34.5. The summed E-state index contributed by atoms with van der Waals surface area (Å²) in [6.45, 7) is 55.4. The number of ketones is 3. The quantitative estimate of drug-likeness (QED) is 0.0264. The summed E-state index contributed by atoms with van der Waals surface area (Å²) in [6, 6.07) is 0. The molecule has 6 aliphatic heterocycles. The molecule has 6 heterocycles. The standard InChI is InChI=1S/C31H50O10.C26H46O6.C25H44O6/c1-17(12-25(35)29(39-23(7)34)31(10)15-18(2)19(3)20(4)41-31)26-14-28(38-22(6)33)30(8,9)27(40-26)13-24(36-11)16-37-21(5)32;1-10-19(30-9)12-23-25(6,7)22(28)13-21(31-23)15(2)11-20(27)24(29)26(8)14-16(3)17(4)18(5)32-26;1-9-18(26)11-22-24(6,7)21(28)12-20(30-22)14(2)10-19(27)23(29)25(8)13-15(3)16(4)17(5)31-25/h17,19-20,24,26-29H,2,12-16H2,1,3-11H3;15,17-19,21-24,28-29H,3,10-14H2,1-2,4-9H3;14,16-18,20-23,26,28-29H,3,9-13H2,1-2,4-8H3. The number of rotatable bonds is 29. The van der Waals surface area contributed by atoms with E-state index in [0.717, 1.165) is 23.1 Å². The van der Waals surface area contributed by atoms with Gasteiger partial charge in [0.05, 0.1) is 85.5 Å². The van der Waals surface area contributed by atoms with Crippen LogP contribution in [0.5, 0.6) is 0 Å². The molecule has 0 spiro atoms. The fourth-order valence-corrected chi connectivity index (χ4v) is 15.9. The van der Waals surface area contributed by atoms with Crippen LogP contribution < -0.4 is 0 Å². The molecule has 6 saturated heterocycles. The summed E-state index contributed by atoms with van der Waals surface area (Å²) < 4.78 is 65.4. The highest BCUT2D eigenvalue weighted by Crippen LogP contribution is 2.48. The van der Waals surface area contributed by atoms with E-state index in [1.165, 1.54) is 27.9 Å². The lowest BCUT2D eigenvalue weighted by molar-refractivity contribution is -0.213. The third-order valence-electron chi connectivity index (χ3n) is 24.7. The molecule has 0 aromatic rings. The highest BCUT2D eigenvalue weighted by molar-refractivity contribution is 5.87. The molecule has 0 aromatic heterocycles. The van der Waals surface area contributed by atoms with Gasteiger partial charge in [-0.25, -0.2) is 0 Å². The number of methoxy groups -OCH3 is 2. The Balaban J connectivity index is 0.000000335. The van der Waals surface area contributed by atoms with Crippen molar-refractivity contribution >= 4 is 35.3 Å². The highest BCUT2D eigenvalue weighted by Gasteiger charge is 2.54. The molecule has 6 rings (SSSR count). The molecule has 0 aromatic carbocycles. The van der Waals surface area contributed by atoms with Crippen LogP contribution in [0.4, 0.5) is 0 Å². The minimum Gasteiger partial charge on any atom is -0.463 e. The van der Waals surface area contributed by atoms with Crippen molar-refractivity contribution in [1.82, 2.24) is 0 Å². The molecular formula is C82H140O22. The maximum atomic E-state index is 13.8. The van der Waals surface area contributed by atoms with E-state index in [1.807, 2.05) is 104 Å². The van der Waals surface area contributed by atoms with Crippen molar-refractivity contribution in [2.75, 3.05) is 20.8 Å². The topological polar surface area (TPSA) is 305 Å². The molecule has 0 radical (unpaired) electrons. The summed E-state index contributed by atoms with van der Waals surface area (Å²) in [6.07, 6.45) is -2.45. The Morgan fingerprint density at radius 3 is 1.20 bits per heavy atom. The highest BCUT2D eigenvalue weighted by atomic mass is 16.6. The smallest absolute Gasteiger partial charge is 0.303 e. The van der Waals surface area contributed by atoms with E-state index >= 15 is 0 Å². The van der Waals surface area contributed by atoms with Crippen molar-refractivity contribution in [2.45, 2.75) is 376 Å². The molecule has 22 nitrogen and oxygen atoms in total. The molecule has 0 amide bonds. The fourth-order valence-electron chi connectivity index (χ4n) is 15.9. The third-order valence-corrected chi connectivity index (χ3v) is 24.7. The minimum absolute atomic E-state index is 0.0546. The fraction of sp³-hybridized carbons (Fsp3) is 0.854. The molecule has 0 aliphatic carbocycles. The largest absolute Gasteiger partial charge is 0.463 e. The number of Topliss-reactive ketones (excluding diaryl/α,β-unsaturated/α-hetero) is 3. The van der Waals surface area contributed by atoms with Gasteiger partial charge in [0.1, 0.15) is 41.7 Å². The number of ether oxygens (including phenoxy) is 11. The van der Waals surface area contributed by atoms with Gasteiger partial charge < -0.3 is 77.6 Å².